The van der Waals surface area contributed by atoms with Gasteiger partial charge in [-0.15, -0.1) is 0 Å². The maximum atomic E-state index is 12.0. The van der Waals surface area contributed by atoms with Crippen LogP contribution in [0.15, 0.2) is 30.0 Å². The first kappa shape index (κ1) is 20.5. The second kappa shape index (κ2) is 8.32. The lowest BCUT2D eigenvalue weighted by Crippen LogP contribution is -2.19. The molecule has 0 bridgehead atoms. The van der Waals surface area contributed by atoms with Gasteiger partial charge < -0.3 is 20.1 Å². The van der Waals surface area contributed by atoms with E-state index < -0.39 is 0 Å². The van der Waals surface area contributed by atoms with E-state index >= 15 is 0 Å². The first-order valence-electron chi connectivity index (χ1n) is 11.3. The maximum absolute atomic E-state index is 12.0. The Labute approximate surface area is 194 Å². The molecule has 0 atom stereocenters. The van der Waals surface area contributed by atoms with Crippen molar-refractivity contribution in [1.82, 2.24) is 24.9 Å². The molecule has 1 aliphatic carbocycles. The molecule has 2 aromatic heterocycles. The molecule has 11 heteroatoms. The van der Waals surface area contributed by atoms with E-state index in [-0.39, 0.29) is 18.2 Å². The van der Waals surface area contributed by atoms with Crippen LogP contribution in [0.3, 0.4) is 0 Å². The van der Waals surface area contributed by atoms with Crippen molar-refractivity contribution in [2.45, 2.75) is 38.3 Å². The zero-order chi connectivity index (χ0) is 23.1. The van der Waals surface area contributed by atoms with Crippen LogP contribution in [0.4, 0.5) is 11.9 Å². The largest absolute Gasteiger partial charge is 0.490 e. The Hall–Kier alpha value is -4.15. The Morgan fingerprint density at radius 3 is 2.79 bits per heavy atom. The van der Waals surface area contributed by atoms with Gasteiger partial charge in [0.05, 0.1) is 25.8 Å². The number of fused-ring (bicyclic) bond motifs is 2. The Balaban J connectivity index is 1.30. The average molecular weight is 461 g/mol. The van der Waals surface area contributed by atoms with Crippen LogP contribution in [0.2, 0.25) is 0 Å². The summed E-state index contributed by atoms with van der Waals surface area (Å²) in [7, 11) is 0. The van der Waals surface area contributed by atoms with Crippen molar-refractivity contribution in [3.8, 4) is 11.5 Å². The fourth-order valence-corrected chi connectivity index (χ4v) is 3.89. The van der Waals surface area contributed by atoms with Gasteiger partial charge in [-0.05, 0) is 36.6 Å². The lowest BCUT2D eigenvalue weighted by atomic mass is 10.1. The zero-order valence-electron chi connectivity index (χ0n) is 18.3. The molecule has 11 nitrogen and oxygen atoms in total. The van der Waals surface area contributed by atoms with Gasteiger partial charge in [-0.3, -0.25) is 14.9 Å². The number of hydrogen-bond acceptors (Lipinski definition) is 9. The smallest absolute Gasteiger partial charge is 0.254 e. The number of carbonyl (C=O) groups excluding carboxylic acids is 2. The van der Waals surface area contributed by atoms with Crippen LogP contribution in [0, 0.1) is 0 Å². The highest BCUT2D eigenvalue weighted by Crippen LogP contribution is 2.31. The number of aromatic nitrogens is 4. The summed E-state index contributed by atoms with van der Waals surface area (Å²) in [5.74, 6) is 1.79. The third kappa shape index (κ3) is 4.12. The maximum Gasteiger partial charge on any atom is 0.254 e. The van der Waals surface area contributed by atoms with E-state index in [1.54, 1.807) is 16.8 Å². The second-order valence-electron chi connectivity index (χ2n) is 8.53. The fourth-order valence-electron chi connectivity index (χ4n) is 3.89. The molecule has 0 spiro atoms. The summed E-state index contributed by atoms with van der Waals surface area (Å²) < 4.78 is 13.1. The zero-order valence-corrected chi connectivity index (χ0v) is 18.3. The molecule has 3 N–H and O–H groups in total. The Morgan fingerprint density at radius 1 is 1.15 bits per heavy atom. The van der Waals surface area contributed by atoms with Crippen molar-refractivity contribution in [2.75, 3.05) is 23.8 Å². The topological polar surface area (TPSA) is 132 Å². The number of nitrogens with zero attached hydrogens (tertiary/aromatic N) is 4. The standard InChI is InChI=1S/C23H23N7O4/c31-19-10-14(21(32)27-19)9-15-12-25-30-20(15)28-22(29-23(30)26-16-3-4-16)24-11-13-2-5-17-18(8-13)34-7-1-6-33-17/h2,5,8-9,12,16H,1,3-4,6-7,10-11H2,(H,27,31,32)(H2,24,26,28,29)/b14-9+. The van der Waals surface area contributed by atoms with E-state index in [4.69, 9.17) is 9.47 Å². The molecule has 6 rings (SSSR count). The number of hydrogen-bond donors (Lipinski definition) is 3. The minimum Gasteiger partial charge on any atom is -0.490 e. The Bertz CT molecular complexity index is 1330. The van der Waals surface area contributed by atoms with Gasteiger partial charge in [-0.2, -0.15) is 19.6 Å². The molecular formula is C23H23N7O4. The second-order valence-corrected chi connectivity index (χ2v) is 8.53. The van der Waals surface area contributed by atoms with Crippen LogP contribution in [-0.2, 0) is 16.1 Å². The summed E-state index contributed by atoms with van der Waals surface area (Å²) in [4.78, 5) is 32.9. The van der Waals surface area contributed by atoms with Gasteiger partial charge in [0.25, 0.3) is 5.91 Å². The highest BCUT2D eigenvalue weighted by molar-refractivity contribution is 6.15. The third-order valence-electron chi connectivity index (χ3n) is 5.79. The SMILES string of the molecule is O=C1C/C(=C\c2cnn3c(NC4CC4)nc(NCc4ccc5c(c4)OCCCO5)nc23)C(=O)N1. The number of ether oxygens (including phenoxy) is 2. The molecule has 0 radical (unpaired) electrons. The highest BCUT2D eigenvalue weighted by Gasteiger charge is 2.26. The molecule has 2 amide bonds. The molecule has 3 aliphatic rings. The number of anilines is 2. The summed E-state index contributed by atoms with van der Waals surface area (Å²) in [6.45, 7) is 1.76. The lowest BCUT2D eigenvalue weighted by Gasteiger charge is -2.12. The Morgan fingerprint density at radius 2 is 2.00 bits per heavy atom. The highest BCUT2D eigenvalue weighted by atomic mass is 16.5. The molecule has 0 unspecified atom stereocenters. The molecule has 2 fully saturated rings. The van der Waals surface area contributed by atoms with Gasteiger partial charge in [0.1, 0.15) is 0 Å². The van der Waals surface area contributed by atoms with Crippen LogP contribution < -0.4 is 25.4 Å². The molecular weight excluding hydrogens is 438 g/mol. The molecule has 1 aromatic carbocycles. The van der Waals surface area contributed by atoms with Crippen molar-refractivity contribution in [3.05, 3.63) is 41.1 Å². The number of amides is 2. The molecule has 1 saturated carbocycles. The van der Waals surface area contributed by atoms with Crippen LogP contribution in [0.5, 0.6) is 11.5 Å². The monoisotopic (exact) mass is 461 g/mol. The van der Waals surface area contributed by atoms with Gasteiger partial charge >= 0.3 is 0 Å². The number of rotatable bonds is 6. The van der Waals surface area contributed by atoms with Crippen molar-refractivity contribution in [3.63, 3.8) is 0 Å². The number of benzene rings is 1. The van der Waals surface area contributed by atoms with E-state index in [0.29, 0.717) is 54.5 Å². The van der Waals surface area contributed by atoms with Gasteiger partial charge in [0, 0.05) is 30.1 Å². The molecule has 3 aromatic rings. The first-order valence-corrected chi connectivity index (χ1v) is 11.3. The third-order valence-corrected chi connectivity index (χ3v) is 5.79. The predicted molar refractivity (Wildman–Crippen MR) is 123 cm³/mol. The van der Waals surface area contributed by atoms with E-state index in [2.05, 4.69) is 31.0 Å². The van der Waals surface area contributed by atoms with E-state index in [1.807, 2.05) is 18.2 Å². The average Bonchev–Trinajstić information content (AvgIpc) is 3.53. The summed E-state index contributed by atoms with van der Waals surface area (Å²) in [6.07, 6.45) is 6.33. The van der Waals surface area contributed by atoms with Crippen molar-refractivity contribution >= 4 is 35.4 Å². The molecule has 4 heterocycles. The van der Waals surface area contributed by atoms with Crippen molar-refractivity contribution in [1.29, 1.82) is 0 Å². The predicted octanol–water partition coefficient (Wildman–Crippen LogP) is 1.90. The van der Waals surface area contributed by atoms with Gasteiger partial charge in [-0.1, -0.05) is 6.07 Å². The van der Waals surface area contributed by atoms with Crippen LogP contribution in [-0.4, -0.2) is 50.7 Å². The summed E-state index contributed by atoms with van der Waals surface area (Å²) >= 11 is 0. The normalized spacial score (nSPS) is 18.8. The quantitative estimate of drug-likeness (QED) is 0.372. The number of imide groups is 1. The molecule has 34 heavy (non-hydrogen) atoms. The summed E-state index contributed by atoms with van der Waals surface area (Å²) in [6, 6.07) is 6.21. The van der Waals surface area contributed by atoms with E-state index in [0.717, 1.165) is 36.3 Å². The van der Waals surface area contributed by atoms with Crippen LogP contribution >= 0.6 is 0 Å². The van der Waals surface area contributed by atoms with Gasteiger partial charge in [0.15, 0.2) is 17.1 Å². The van der Waals surface area contributed by atoms with E-state index in [9.17, 15) is 9.59 Å². The minimum atomic E-state index is -0.387. The van der Waals surface area contributed by atoms with E-state index in [1.165, 1.54) is 0 Å². The van der Waals surface area contributed by atoms with Crippen LogP contribution in [0.25, 0.3) is 11.7 Å². The number of nitrogens with one attached hydrogen (secondary N) is 3. The molecule has 174 valence electrons. The molecule has 1 saturated heterocycles. The van der Waals surface area contributed by atoms with Gasteiger partial charge in [0.2, 0.25) is 17.8 Å². The van der Waals surface area contributed by atoms with Crippen molar-refractivity contribution in [2.24, 2.45) is 0 Å². The van der Waals surface area contributed by atoms with Crippen LogP contribution in [0.1, 0.15) is 36.8 Å². The number of carbonyl (C=O) groups is 2. The van der Waals surface area contributed by atoms with Gasteiger partial charge in [-0.25, -0.2) is 0 Å². The van der Waals surface area contributed by atoms with Crippen molar-refractivity contribution < 1.29 is 19.1 Å². The molecule has 2 aliphatic heterocycles. The summed E-state index contributed by atoms with van der Waals surface area (Å²) in [5, 5.41) is 13.4. The minimum absolute atomic E-state index is 0.0453. The lowest BCUT2D eigenvalue weighted by molar-refractivity contribution is -0.124. The Kier molecular flexibility index (Phi) is 5.01. The summed E-state index contributed by atoms with van der Waals surface area (Å²) in [5.41, 5.74) is 2.57. The fraction of sp³-hybridized carbons (Fsp3) is 0.348. The first-order chi connectivity index (χ1) is 16.6.